The fraction of sp³-hybridized carbons (Fsp3) is 0.500. The molecular formula is C12H17N5O3. The molecule has 2 rings (SSSR count). The third kappa shape index (κ3) is 3.56. The van der Waals surface area contributed by atoms with Crippen LogP contribution in [0, 0.1) is 0 Å². The Morgan fingerprint density at radius 3 is 2.50 bits per heavy atom. The predicted molar refractivity (Wildman–Crippen MR) is 71.4 cm³/mol. The molecule has 0 unspecified atom stereocenters. The molecule has 1 aliphatic heterocycles. The topological polar surface area (TPSA) is 87.7 Å². The lowest BCUT2D eigenvalue weighted by molar-refractivity contribution is 0.146. The zero-order valence-corrected chi connectivity index (χ0v) is 11.3. The van der Waals surface area contributed by atoms with Crippen molar-refractivity contribution in [2.45, 2.75) is 6.92 Å². The van der Waals surface area contributed by atoms with Crippen LogP contribution in [0.1, 0.15) is 6.92 Å². The molecule has 108 valence electrons. The summed E-state index contributed by atoms with van der Waals surface area (Å²) in [5, 5.41) is 2.18. The number of carbonyl (C=O) groups is 2. The number of urea groups is 1. The van der Waals surface area contributed by atoms with Crippen molar-refractivity contribution in [2.75, 3.05) is 37.7 Å². The van der Waals surface area contributed by atoms with E-state index in [1.54, 1.807) is 30.3 Å². The summed E-state index contributed by atoms with van der Waals surface area (Å²) in [6.45, 7) is 4.18. The van der Waals surface area contributed by atoms with Crippen molar-refractivity contribution in [2.24, 2.45) is 0 Å². The Hall–Kier alpha value is -2.38. The van der Waals surface area contributed by atoms with Crippen LogP contribution in [0.4, 0.5) is 15.5 Å². The molecule has 0 aromatic carbocycles. The Morgan fingerprint density at radius 2 is 1.90 bits per heavy atom. The van der Waals surface area contributed by atoms with Crippen molar-refractivity contribution >= 4 is 18.1 Å². The van der Waals surface area contributed by atoms with Crippen molar-refractivity contribution in [3.05, 3.63) is 18.5 Å². The highest BCUT2D eigenvalue weighted by Gasteiger charge is 2.23. The van der Waals surface area contributed by atoms with Gasteiger partial charge in [0.15, 0.2) is 0 Å². The number of hydrogen-bond acceptors (Lipinski definition) is 6. The normalized spacial score (nSPS) is 14.8. The Morgan fingerprint density at radius 1 is 1.25 bits per heavy atom. The van der Waals surface area contributed by atoms with E-state index in [9.17, 15) is 9.59 Å². The van der Waals surface area contributed by atoms with Crippen LogP contribution in [0.15, 0.2) is 18.5 Å². The zero-order valence-electron chi connectivity index (χ0n) is 11.3. The number of aromatic nitrogens is 2. The Bertz CT molecular complexity index is 459. The van der Waals surface area contributed by atoms with Gasteiger partial charge in [-0.2, -0.15) is 0 Å². The zero-order chi connectivity index (χ0) is 14.4. The summed E-state index contributed by atoms with van der Waals surface area (Å²) < 4.78 is 4.67. The summed E-state index contributed by atoms with van der Waals surface area (Å²) in [6, 6.07) is 1.32. The molecule has 0 radical (unpaired) electrons. The summed E-state index contributed by atoms with van der Waals surface area (Å²) in [6.07, 6.45) is 2.65. The van der Waals surface area contributed by atoms with Crippen LogP contribution in [0.25, 0.3) is 0 Å². The maximum absolute atomic E-state index is 11.8. The number of nitrogens with one attached hydrogen (secondary N) is 1. The predicted octanol–water partition coefficient (Wildman–Crippen LogP) is 0.465. The summed E-state index contributed by atoms with van der Waals surface area (Å²) in [7, 11) is 0. The molecular weight excluding hydrogens is 262 g/mol. The largest absolute Gasteiger partial charge is 0.450 e. The van der Waals surface area contributed by atoms with Gasteiger partial charge in [0.1, 0.15) is 0 Å². The fourth-order valence-corrected chi connectivity index (χ4v) is 1.90. The van der Waals surface area contributed by atoms with E-state index in [0.717, 1.165) is 0 Å². The van der Waals surface area contributed by atoms with E-state index >= 15 is 0 Å². The van der Waals surface area contributed by atoms with Crippen molar-refractivity contribution in [3.63, 3.8) is 0 Å². The Labute approximate surface area is 116 Å². The molecule has 0 atom stereocenters. The molecule has 0 spiro atoms. The van der Waals surface area contributed by atoms with E-state index in [1.165, 1.54) is 0 Å². The second-order valence-electron chi connectivity index (χ2n) is 4.17. The fourth-order valence-electron chi connectivity index (χ4n) is 1.90. The van der Waals surface area contributed by atoms with E-state index in [2.05, 4.69) is 20.0 Å². The summed E-state index contributed by atoms with van der Waals surface area (Å²) in [4.78, 5) is 34.9. The van der Waals surface area contributed by atoms with Gasteiger partial charge in [0.25, 0.3) is 0 Å². The number of rotatable bonds is 2. The quantitative estimate of drug-likeness (QED) is 0.846. The number of anilines is 1. The van der Waals surface area contributed by atoms with Crippen LogP contribution in [0.5, 0.6) is 0 Å². The summed E-state index contributed by atoms with van der Waals surface area (Å²) >= 11 is 0. The van der Waals surface area contributed by atoms with Gasteiger partial charge in [-0.1, -0.05) is 0 Å². The number of imide groups is 1. The SMILES string of the molecule is CCOC(=O)NC(=O)N1CCN(c2ncccn2)CC1. The highest BCUT2D eigenvalue weighted by molar-refractivity contribution is 5.90. The van der Waals surface area contributed by atoms with E-state index in [-0.39, 0.29) is 6.61 Å². The Kier molecular flexibility index (Phi) is 4.70. The molecule has 2 heterocycles. The highest BCUT2D eigenvalue weighted by Crippen LogP contribution is 2.09. The first-order valence-corrected chi connectivity index (χ1v) is 6.45. The molecule has 1 saturated heterocycles. The van der Waals surface area contributed by atoms with Gasteiger partial charge in [-0.05, 0) is 13.0 Å². The van der Waals surface area contributed by atoms with Crippen LogP contribution in [0.2, 0.25) is 0 Å². The van der Waals surface area contributed by atoms with Gasteiger partial charge in [-0.15, -0.1) is 0 Å². The number of alkyl carbamates (subject to hydrolysis) is 1. The molecule has 1 aromatic rings. The second-order valence-corrected chi connectivity index (χ2v) is 4.17. The van der Waals surface area contributed by atoms with Crippen LogP contribution < -0.4 is 10.2 Å². The smallest absolute Gasteiger partial charge is 0.415 e. The lowest BCUT2D eigenvalue weighted by Gasteiger charge is -2.34. The lowest BCUT2D eigenvalue weighted by atomic mass is 10.3. The molecule has 0 saturated carbocycles. The van der Waals surface area contributed by atoms with Crippen LogP contribution >= 0.6 is 0 Å². The van der Waals surface area contributed by atoms with Gasteiger partial charge >= 0.3 is 12.1 Å². The summed E-state index contributed by atoms with van der Waals surface area (Å²) in [5.41, 5.74) is 0. The first-order valence-electron chi connectivity index (χ1n) is 6.45. The number of piperazine rings is 1. The van der Waals surface area contributed by atoms with Crippen molar-refractivity contribution < 1.29 is 14.3 Å². The second kappa shape index (κ2) is 6.69. The first kappa shape index (κ1) is 14.0. The van der Waals surface area contributed by atoms with E-state index in [4.69, 9.17) is 0 Å². The summed E-state index contributed by atoms with van der Waals surface area (Å²) in [5.74, 6) is 0.651. The van der Waals surface area contributed by atoms with Crippen LogP contribution in [-0.2, 0) is 4.74 Å². The average molecular weight is 279 g/mol. The number of ether oxygens (including phenoxy) is 1. The minimum absolute atomic E-state index is 0.234. The van der Waals surface area contributed by atoms with Gasteiger partial charge in [0.2, 0.25) is 5.95 Å². The molecule has 1 aliphatic rings. The van der Waals surface area contributed by atoms with Gasteiger partial charge in [0, 0.05) is 38.6 Å². The third-order valence-electron chi connectivity index (χ3n) is 2.89. The number of hydrogen-bond donors (Lipinski definition) is 1. The molecule has 8 nitrogen and oxygen atoms in total. The van der Waals surface area contributed by atoms with Crippen LogP contribution in [0.3, 0.4) is 0 Å². The molecule has 20 heavy (non-hydrogen) atoms. The van der Waals surface area contributed by atoms with E-state index < -0.39 is 12.1 Å². The number of carbonyl (C=O) groups excluding carboxylic acids is 2. The van der Waals surface area contributed by atoms with Gasteiger partial charge in [-0.3, -0.25) is 0 Å². The Balaban J connectivity index is 1.82. The van der Waals surface area contributed by atoms with E-state index in [0.29, 0.717) is 32.1 Å². The highest BCUT2D eigenvalue weighted by atomic mass is 16.5. The maximum atomic E-state index is 11.8. The van der Waals surface area contributed by atoms with Gasteiger partial charge in [-0.25, -0.2) is 24.9 Å². The molecule has 1 aromatic heterocycles. The lowest BCUT2D eigenvalue weighted by Crippen LogP contribution is -2.53. The van der Waals surface area contributed by atoms with Gasteiger partial charge in [0.05, 0.1) is 6.61 Å². The minimum Gasteiger partial charge on any atom is -0.450 e. The minimum atomic E-state index is -0.716. The monoisotopic (exact) mass is 279 g/mol. The standard InChI is InChI=1S/C12H17N5O3/c1-2-20-12(19)15-11(18)17-8-6-16(7-9-17)10-13-4-3-5-14-10/h3-5H,2,6-9H2,1H3,(H,15,18,19). The van der Waals surface area contributed by atoms with Crippen molar-refractivity contribution in [3.8, 4) is 0 Å². The molecule has 3 amide bonds. The molecule has 1 N–H and O–H groups in total. The van der Waals surface area contributed by atoms with Crippen molar-refractivity contribution in [1.82, 2.24) is 20.2 Å². The first-order chi connectivity index (χ1) is 9.70. The third-order valence-corrected chi connectivity index (χ3v) is 2.89. The number of amides is 3. The maximum Gasteiger partial charge on any atom is 0.415 e. The average Bonchev–Trinajstić information content (AvgIpc) is 2.48. The van der Waals surface area contributed by atoms with Crippen molar-refractivity contribution in [1.29, 1.82) is 0 Å². The van der Waals surface area contributed by atoms with E-state index in [1.807, 2.05) is 4.90 Å². The molecule has 1 fully saturated rings. The van der Waals surface area contributed by atoms with Gasteiger partial charge < -0.3 is 14.5 Å². The molecule has 0 bridgehead atoms. The number of nitrogens with zero attached hydrogens (tertiary/aromatic N) is 4. The van der Waals surface area contributed by atoms with Crippen LogP contribution in [-0.4, -0.2) is 59.8 Å². The molecule has 8 heteroatoms. The molecule has 0 aliphatic carbocycles.